The van der Waals surface area contributed by atoms with Gasteiger partial charge in [-0.3, -0.25) is 4.79 Å². The molecular formula is C13H14N4O4S. The van der Waals surface area contributed by atoms with Gasteiger partial charge in [0, 0.05) is 19.6 Å². The average molecular weight is 322 g/mol. The molecule has 1 unspecified atom stereocenters. The zero-order chi connectivity index (χ0) is 15.9. The first-order valence-electron chi connectivity index (χ1n) is 6.67. The fourth-order valence-electron chi connectivity index (χ4n) is 2.60. The first kappa shape index (κ1) is 14.7. The predicted octanol–water partition coefficient (Wildman–Crippen LogP) is 0.561. The molecule has 0 amide bonds. The second-order valence-corrected chi connectivity index (χ2v) is 6.03. The lowest BCUT2D eigenvalue weighted by Gasteiger charge is -2.32. The van der Waals surface area contributed by atoms with Crippen molar-refractivity contribution in [3.05, 3.63) is 16.8 Å². The molecule has 2 aromatic rings. The molecule has 3 heterocycles. The van der Waals surface area contributed by atoms with Crippen LogP contribution in [0.5, 0.6) is 0 Å². The second kappa shape index (κ2) is 5.50. The van der Waals surface area contributed by atoms with Crippen LogP contribution in [0.2, 0.25) is 0 Å². The number of aromatic carboxylic acids is 1. The summed E-state index contributed by atoms with van der Waals surface area (Å²) >= 11 is 1.11. The van der Waals surface area contributed by atoms with E-state index < -0.39 is 18.0 Å². The summed E-state index contributed by atoms with van der Waals surface area (Å²) < 4.78 is 0. The molecule has 2 aromatic heterocycles. The minimum atomic E-state index is -0.991. The van der Waals surface area contributed by atoms with E-state index in [1.165, 1.54) is 6.33 Å². The molecule has 3 N–H and O–H groups in total. The Morgan fingerprint density at radius 1 is 1.41 bits per heavy atom. The van der Waals surface area contributed by atoms with Crippen LogP contribution >= 0.6 is 11.3 Å². The van der Waals surface area contributed by atoms with Gasteiger partial charge >= 0.3 is 11.9 Å². The van der Waals surface area contributed by atoms with E-state index in [2.05, 4.69) is 15.3 Å². The van der Waals surface area contributed by atoms with E-state index in [-0.39, 0.29) is 11.4 Å². The number of carbonyl (C=O) groups is 2. The molecule has 0 spiro atoms. The maximum atomic E-state index is 11.3. The summed E-state index contributed by atoms with van der Waals surface area (Å²) in [6.07, 6.45) is 1.39. The van der Waals surface area contributed by atoms with Crippen molar-refractivity contribution in [1.29, 1.82) is 0 Å². The smallest absolute Gasteiger partial charge is 0.346 e. The number of aryl methyl sites for hydroxylation is 1. The Morgan fingerprint density at radius 2 is 2.18 bits per heavy atom. The van der Waals surface area contributed by atoms with E-state index >= 15 is 0 Å². The Morgan fingerprint density at radius 3 is 2.86 bits per heavy atom. The van der Waals surface area contributed by atoms with Crippen molar-refractivity contribution in [1.82, 2.24) is 15.3 Å². The van der Waals surface area contributed by atoms with Crippen LogP contribution in [0, 0.1) is 6.92 Å². The number of aliphatic carboxylic acids is 1. The molecule has 1 fully saturated rings. The van der Waals surface area contributed by atoms with Crippen LogP contribution in [0.4, 0.5) is 5.82 Å². The van der Waals surface area contributed by atoms with E-state index in [4.69, 9.17) is 5.11 Å². The first-order valence-corrected chi connectivity index (χ1v) is 7.49. The summed E-state index contributed by atoms with van der Waals surface area (Å²) in [6.45, 7) is 3.14. The summed E-state index contributed by atoms with van der Waals surface area (Å²) in [7, 11) is 0. The fourth-order valence-corrected chi connectivity index (χ4v) is 3.59. The van der Waals surface area contributed by atoms with Gasteiger partial charge in [-0.1, -0.05) is 0 Å². The SMILES string of the molecule is Cc1c(C(=O)O)sc2ncnc(N3CCNC(C(=O)O)C3)c12. The van der Waals surface area contributed by atoms with Gasteiger partial charge in [-0.25, -0.2) is 14.8 Å². The standard InChI is InChI=1S/C13H14N4O4S/c1-6-8-10(17-3-2-14-7(4-17)12(18)19)15-5-16-11(8)22-9(6)13(20)21/h5,7,14H,2-4H2,1H3,(H,18,19)(H,20,21). The lowest BCUT2D eigenvalue weighted by Crippen LogP contribution is -2.54. The Bertz CT molecular complexity index is 760. The Kier molecular flexibility index (Phi) is 3.67. The van der Waals surface area contributed by atoms with Crippen LogP contribution in [0.1, 0.15) is 15.2 Å². The number of fused-ring (bicyclic) bond motifs is 1. The van der Waals surface area contributed by atoms with Crippen LogP contribution in [-0.2, 0) is 4.79 Å². The van der Waals surface area contributed by atoms with Crippen molar-refractivity contribution >= 4 is 39.3 Å². The minimum absolute atomic E-state index is 0.238. The fraction of sp³-hybridized carbons (Fsp3) is 0.385. The molecule has 116 valence electrons. The third-order valence-electron chi connectivity index (χ3n) is 3.67. The summed E-state index contributed by atoms with van der Waals surface area (Å²) in [6, 6.07) is -0.670. The number of carboxylic acids is 2. The van der Waals surface area contributed by atoms with Crippen molar-refractivity contribution in [2.24, 2.45) is 0 Å². The number of nitrogens with zero attached hydrogens (tertiary/aromatic N) is 3. The summed E-state index contributed by atoms with van der Waals surface area (Å²) in [5, 5.41) is 22.0. The quantitative estimate of drug-likeness (QED) is 0.751. The van der Waals surface area contributed by atoms with Crippen LogP contribution in [0.15, 0.2) is 6.33 Å². The maximum Gasteiger partial charge on any atom is 0.346 e. The Labute approximate surface area is 129 Å². The van der Waals surface area contributed by atoms with Crippen LogP contribution in [-0.4, -0.2) is 57.8 Å². The van der Waals surface area contributed by atoms with Crippen molar-refractivity contribution < 1.29 is 19.8 Å². The van der Waals surface area contributed by atoms with Crippen LogP contribution in [0.3, 0.4) is 0 Å². The highest BCUT2D eigenvalue weighted by atomic mass is 32.1. The van der Waals surface area contributed by atoms with Gasteiger partial charge in [-0.2, -0.15) is 0 Å². The first-order chi connectivity index (χ1) is 10.5. The van der Waals surface area contributed by atoms with Gasteiger partial charge < -0.3 is 20.4 Å². The number of aromatic nitrogens is 2. The van der Waals surface area contributed by atoms with Crippen LogP contribution in [0.25, 0.3) is 10.2 Å². The van der Waals surface area contributed by atoms with Gasteiger partial charge in [0.15, 0.2) is 0 Å². The molecule has 1 saturated heterocycles. The molecular weight excluding hydrogens is 308 g/mol. The van der Waals surface area contributed by atoms with Crippen molar-refractivity contribution in [2.75, 3.05) is 24.5 Å². The normalized spacial score (nSPS) is 18.6. The largest absolute Gasteiger partial charge is 0.480 e. The number of nitrogens with one attached hydrogen (secondary N) is 1. The summed E-state index contributed by atoms with van der Waals surface area (Å²) in [4.78, 5) is 33.6. The summed E-state index contributed by atoms with van der Waals surface area (Å²) in [5.41, 5.74) is 0.619. The molecule has 0 aliphatic carbocycles. The van der Waals surface area contributed by atoms with Gasteiger partial charge in [-0.05, 0) is 12.5 Å². The molecule has 0 bridgehead atoms. The Balaban J connectivity index is 2.07. The maximum absolute atomic E-state index is 11.3. The number of anilines is 1. The molecule has 3 rings (SSSR count). The molecule has 8 nitrogen and oxygen atoms in total. The number of hydrogen-bond donors (Lipinski definition) is 3. The predicted molar refractivity (Wildman–Crippen MR) is 80.8 cm³/mol. The van der Waals surface area contributed by atoms with Gasteiger partial charge in [0.2, 0.25) is 0 Å². The highest BCUT2D eigenvalue weighted by Crippen LogP contribution is 2.35. The second-order valence-electron chi connectivity index (χ2n) is 5.03. The van der Waals surface area contributed by atoms with E-state index in [0.717, 1.165) is 11.3 Å². The lowest BCUT2D eigenvalue weighted by molar-refractivity contribution is -0.139. The molecule has 0 saturated carbocycles. The zero-order valence-corrected chi connectivity index (χ0v) is 12.6. The number of carboxylic acid groups (broad SMARTS) is 2. The highest BCUT2D eigenvalue weighted by molar-refractivity contribution is 7.20. The zero-order valence-electron chi connectivity index (χ0n) is 11.7. The molecule has 1 aliphatic heterocycles. The molecule has 0 radical (unpaired) electrons. The number of thiophene rings is 1. The van der Waals surface area contributed by atoms with E-state index in [1.807, 2.05) is 4.90 Å². The van der Waals surface area contributed by atoms with Gasteiger partial charge in [0.05, 0.1) is 5.39 Å². The van der Waals surface area contributed by atoms with Gasteiger partial charge in [0.1, 0.15) is 27.9 Å². The monoisotopic (exact) mass is 322 g/mol. The Hall–Kier alpha value is -2.26. The third kappa shape index (κ3) is 2.38. The minimum Gasteiger partial charge on any atom is -0.480 e. The van der Waals surface area contributed by atoms with E-state index in [1.54, 1.807) is 6.92 Å². The topological polar surface area (TPSA) is 116 Å². The van der Waals surface area contributed by atoms with E-state index in [9.17, 15) is 14.7 Å². The van der Waals surface area contributed by atoms with Crippen molar-refractivity contribution in [2.45, 2.75) is 13.0 Å². The molecule has 9 heteroatoms. The molecule has 1 atom stereocenters. The van der Waals surface area contributed by atoms with Gasteiger partial charge in [0.25, 0.3) is 0 Å². The molecule has 1 aliphatic rings. The van der Waals surface area contributed by atoms with Gasteiger partial charge in [-0.15, -0.1) is 11.3 Å². The van der Waals surface area contributed by atoms with Crippen molar-refractivity contribution in [3.8, 4) is 0 Å². The summed E-state index contributed by atoms with van der Waals surface area (Å²) in [5.74, 6) is -1.31. The average Bonchev–Trinajstić information content (AvgIpc) is 2.85. The highest BCUT2D eigenvalue weighted by Gasteiger charge is 2.28. The van der Waals surface area contributed by atoms with Crippen molar-refractivity contribution in [3.63, 3.8) is 0 Å². The molecule has 0 aromatic carbocycles. The number of hydrogen-bond acceptors (Lipinski definition) is 7. The van der Waals surface area contributed by atoms with E-state index in [0.29, 0.717) is 34.7 Å². The lowest BCUT2D eigenvalue weighted by atomic mass is 10.1. The molecule has 22 heavy (non-hydrogen) atoms. The number of piperazine rings is 1. The van der Waals surface area contributed by atoms with Crippen LogP contribution < -0.4 is 10.2 Å². The third-order valence-corrected chi connectivity index (χ3v) is 4.86. The number of rotatable bonds is 3.